The van der Waals surface area contributed by atoms with Crippen LogP contribution in [0.5, 0.6) is 11.5 Å². The largest absolute Gasteiger partial charge is 0.494 e. The molecule has 2 aromatic rings. The Morgan fingerprint density at radius 2 is 2.00 bits per heavy atom. The minimum atomic E-state index is -0.0894. The Balaban J connectivity index is 2.26. The first kappa shape index (κ1) is 15.3. The zero-order valence-corrected chi connectivity index (χ0v) is 13.0. The fraction of sp³-hybridized carbons (Fsp3) is 0.235. The average molecular weight is 302 g/mol. The van der Waals surface area contributed by atoms with Gasteiger partial charge in [0, 0.05) is 4.88 Å². The molecule has 0 unspecified atom stereocenters. The number of hydrogen-bond acceptors (Lipinski definition) is 4. The summed E-state index contributed by atoms with van der Waals surface area (Å²) in [5.74, 6) is 1.17. The summed E-state index contributed by atoms with van der Waals surface area (Å²) in [6.45, 7) is 4.89. The van der Waals surface area contributed by atoms with E-state index in [4.69, 9.17) is 9.47 Å². The van der Waals surface area contributed by atoms with E-state index in [1.807, 2.05) is 43.5 Å². The lowest BCUT2D eigenvalue weighted by molar-refractivity contribution is 0.104. The maximum absolute atomic E-state index is 12.4. The first-order chi connectivity index (χ1) is 10.2. The summed E-state index contributed by atoms with van der Waals surface area (Å²) < 4.78 is 11.0. The molecule has 1 aromatic heterocycles. The van der Waals surface area contributed by atoms with Gasteiger partial charge in [-0.05, 0) is 55.6 Å². The van der Waals surface area contributed by atoms with E-state index in [0.29, 0.717) is 30.3 Å². The second kappa shape index (κ2) is 7.64. The van der Waals surface area contributed by atoms with Crippen molar-refractivity contribution in [1.82, 2.24) is 0 Å². The average Bonchev–Trinajstić information content (AvgIpc) is 3.00. The van der Waals surface area contributed by atoms with E-state index >= 15 is 0 Å². The van der Waals surface area contributed by atoms with Crippen LogP contribution in [0.15, 0.2) is 41.8 Å². The Bertz CT molecular complexity index is 615. The Morgan fingerprint density at radius 1 is 1.19 bits per heavy atom. The molecule has 0 saturated heterocycles. The monoisotopic (exact) mass is 302 g/mol. The van der Waals surface area contributed by atoms with Crippen molar-refractivity contribution in [3.63, 3.8) is 0 Å². The molecule has 1 aromatic carbocycles. The number of thiophene rings is 1. The zero-order valence-electron chi connectivity index (χ0n) is 12.2. The van der Waals surface area contributed by atoms with Crippen molar-refractivity contribution < 1.29 is 14.3 Å². The van der Waals surface area contributed by atoms with E-state index in [9.17, 15) is 4.79 Å². The normalized spacial score (nSPS) is 10.8. The third-order valence-electron chi connectivity index (χ3n) is 2.77. The quantitative estimate of drug-likeness (QED) is 0.560. The number of rotatable bonds is 7. The highest BCUT2D eigenvalue weighted by Crippen LogP contribution is 2.25. The van der Waals surface area contributed by atoms with Gasteiger partial charge in [-0.25, -0.2) is 0 Å². The van der Waals surface area contributed by atoms with Crippen molar-refractivity contribution in [2.45, 2.75) is 13.8 Å². The molecule has 0 bridgehead atoms. The molecule has 0 aliphatic carbocycles. The lowest BCUT2D eigenvalue weighted by Crippen LogP contribution is -2.03. The molecule has 0 radical (unpaired) electrons. The SMILES string of the molecule is CCOc1ccc(OCC)c(C(=O)/C=C/c2cccs2)c1. The van der Waals surface area contributed by atoms with Gasteiger partial charge in [0.15, 0.2) is 5.78 Å². The fourth-order valence-electron chi connectivity index (χ4n) is 1.87. The zero-order chi connectivity index (χ0) is 15.1. The Kier molecular flexibility index (Phi) is 5.58. The molecule has 0 spiro atoms. The maximum Gasteiger partial charge on any atom is 0.189 e. The van der Waals surface area contributed by atoms with Crippen molar-refractivity contribution >= 4 is 23.2 Å². The van der Waals surface area contributed by atoms with Crippen LogP contribution in [0.3, 0.4) is 0 Å². The van der Waals surface area contributed by atoms with Gasteiger partial charge in [0.25, 0.3) is 0 Å². The van der Waals surface area contributed by atoms with Gasteiger partial charge in [0.05, 0.1) is 18.8 Å². The van der Waals surface area contributed by atoms with E-state index in [1.54, 1.807) is 29.5 Å². The van der Waals surface area contributed by atoms with Crippen molar-refractivity contribution in [3.8, 4) is 11.5 Å². The van der Waals surface area contributed by atoms with Crippen LogP contribution in [-0.2, 0) is 0 Å². The Labute approximate surface area is 128 Å². The van der Waals surface area contributed by atoms with Gasteiger partial charge in [-0.15, -0.1) is 11.3 Å². The van der Waals surface area contributed by atoms with Crippen LogP contribution >= 0.6 is 11.3 Å². The van der Waals surface area contributed by atoms with Crippen LogP contribution in [0.2, 0.25) is 0 Å². The molecule has 0 atom stereocenters. The highest BCUT2D eigenvalue weighted by atomic mass is 32.1. The molecule has 0 saturated carbocycles. The molecular weight excluding hydrogens is 284 g/mol. The summed E-state index contributed by atoms with van der Waals surface area (Å²) in [5.41, 5.74) is 0.524. The molecule has 0 aliphatic heterocycles. The smallest absolute Gasteiger partial charge is 0.189 e. The minimum Gasteiger partial charge on any atom is -0.494 e. The molecule has 110 valence electrons. The summed E-state index contributed by atoms with van der Waals surface area (Å²) in [6, 6.07) is 9.25. The number of carbonyl (C=O) groups is 1. The van der Waals surface area contributed by atoms with Crippen LogP contribution in [-0.4, -0.2) is 19.0 Å². The third kappa shape index (κ3) is 4.20. The summed E-state index contributed by atoms with van der Waals surface area (Å²) in [7, 11) is 0. The van der Waals surface area contributed by atoms with Crippen LogP contribution in [0.1, 0.15) is 29.1 Å². The van der Waals surface area contributed by atoms with Crippen LogP contribution in [0.25, 0.3) is 6.08 Å². The fourth-order valence-corrected chi connectivity index (χ4v) is 2.49. The Hall–Kier alpha value is -2.07. The lowest BCUT2D eigenvalue weighted by Gasteiger charge is -2.10. The molecule has 1 heterocycles. The van der Waals surface area contributed by atoms with Gasteiger partial charge in [0.2, 0.25) is 0 Å². The number of carbonyl (C=O) groups excluding carboxylic acids is 1. The molecular formula is C17H18O3S. The summed E-state index contributed by atoms with van der Waals surface area (Å²) in [5, 5.41) is 1.98. The maximum atomic E-state index is 12.4. The Morgan fingerprint density at radius 3 is 2.67 bits per heavy atom. The molecule has 4 heteroatoms. The highest BCUT2D eigenvalue weighted by molar-refractivity contribution is 7.10. The predicted molar refractivity (Wildman–Crippen MR) is 86.5 cm³/mol. The van der Waals surface area contributed by atoms with Crippen molar-refractivity contribution in [2.24, 2.45) is 0 Å². The highest BCUT2D eigenvalue weighted by Gasteiger charge is 2.12. The van der Waals surface area contributed by atoms with Crippen LogP contribution < -0.4 is 9.47 Å². The molecule has 0 aliphatic rings. The number of benzene rings is 1. The first-order valence-electron chi connectivity index (χ1n) is 6.90. The second-order valence-corrected chi connectivity index (χ2v) is 5.22. The van der Waals surface area contributed by atoms with Gasteiger partial charge < -0.3 is 9.47 Å². The summed E-state index contributed by atoms with van der Waals surface area (Å²) in [6.07, 6.45) is 3.38. The topological polar surface area (TPSA) is 35.5 Å². The number of ether oxygens (including phenoxy) is 2. The molecule has 2 rings (SSSR count). The molecule has 0 fully saturated rings. The second-order valence-electron chi connectivity index (χ2n) is 4.24. The summed E-state index contributed by atoms with van der Waals surface area (Å²) >= 11 is 1.59. The van der Waals surface area contributed by atoms with Crippen LogP contribution in [0, 0.1) is 0 Å². The molecule has 3 nitrogen and oxygen atoms in total. The number of hydrogen-bond donors (Lipinski definition) is 0. The van der Waals surface area contributed by atoms with Crippen molar-refractivity contribution in [2.75, 3.05) is 13.2 Å². The standard InChI is InChI=1S/C17H18O3S/c1-3-19-13-7-10-17(20-4-2)15(12-13)16(18)9-8-14-6-5-11-21-14/h5-12H,3-4H2,1-2H3/b9-8+. The van der Waals surface area contributed by atoms with E-state index in [-0.39, 0.29) is 5.78 Å². The molecule has 0 amide bonds. The van der Waals surface area contributed by atoms with Gasteiger partial charge >= 0.3 is 0 Å². The predicted octanol–water partition coefficient (Wildman–Crippen LogP) is 4.44. The number of ketones is 1. The van der Waals surface area contributed by atoms with E-state index in [0.717, 1.165) is 4.88 Å². The van der Waals surface area contributed by atoms with E-state index in [2.05, 4.69) is 0 Å². The van der Waals surface area contributed by atoms with Gasteiger partial charge in [-0.3, -0.25) is 4.79 Å². The molecule has 0 N–H and O–H groups in total. The molecule has 21 heavy (non-hydrogen) atoms. The third-order valence-corrected chi connectivity index (χ3v) is 3.61. The van der Waals surface area contributed by atoms with Crippen molar-refractivity contribution in [1.29, 1.82) is 0 Å². The summed E-state index contributed by atoms with van der Waals surface area (Å²) in [4.78, 5) is 13.4. The first-order valence-corrected chi connectivity index (χ1v) is 7.78. The van der Waals surface area contributed by atoms with Gasteiger partial charge in [0.1, 0.15) is 11.5 Å². The van der Waals surface area contributed by atoms with Gasteiger partial charge in [-0.1, -0.05) is 6.07 Å². The van der Waals surface area contributed by atoms with Crippen LogP contribution in [0.4, 0.5) is 0 Å². The minimum absolute atomic E-state index is 0.0894. The van der Waals surface area contributed by atoms with Crippen molar-refractivity contribution in [3.05, 3.63) is 52.2 Å². The number of allylic oxidation sites excluding steroid dienone is 1. The lowest BCUT2D eigenvalue weighted by atomic mass is 10.1. The van der Waals surface area contributed by atoms with E-state index < -0.39 is 0 Å². The van der Waals surface area contributed by atoms with Gasteiger partial charge in [-0.2, -0.15) is 0 Å². The van der Waals surface area contributed by atoms with E-state index in [1.165, 1.54) is 0 Å².